The molecule has 0 aliphatic heterocycles. The minimum absolute atomic E-state index is 0.126. The molecule has 6 rings (SSSR count). The molecule has 0 aliphatic carbocycles. The molecule has 6 aromatic carbocycles. The van der Waals surface area contributed by atoms with E-state index >= 15 is 0 Å². The Morgan fingerprint density at radius 2 is 0.526 bits per heavy atom. The molecule has 0 aromatic heterocycles. The smallest absolute Gasteiger partial charge is 0.347 e. The second-order valence-corrected chi connectivity index (χ2v) is 17.8. The molecule has 0 spiro atoms. The summed E-state index contributed by atoms with van der Waals surface area (Å²) < 4.78 is 58.1. The third kappa shape index (κ3) is 19.0. The molecule has 0 unspecified atom stereocenters. The van der Waals surface area contributed by atoms with Gasteiger partial charge in [0, 0.05) is 0 Å². The number of carbonyl (C=O) groups excluding carboxylic acids is 4. The van der Waals surface area contributed by atoms with Crippen LogP contribution in [0.15, 0.2) is 133 Å². The predicted octanol–water partition coefficient (Wildman–Crippen LogP) is 14.3. The van der Waals surface area contributed by atoms with Gasteiger partial charge in [0.1, 0.15) is 68.6 Å². The minimum atomic E-state index is -0.668. The van der Waals surface area contributed by atoms with Crippen LogP contribution in [0.25, 0.3) is 0 Å². The van der Waals surface area contributed by atoms with E-state index in [1.807, 2.05) is 0 Å². The molecule has 0 fully saturated rings. The topological polar surface area (TPSA) is 161 Å². The molecule has 6 aromatic rings. The van der Waals surface area contributed by atoms with Gasteiger partial charge in [-0.05, 0) is 185 Å². The van der Waals surface area contributed by atoms with Crippen LogP contribution < -0.4 is 47.4 Å². The van der Waals surface area contributed by atoms with E-state index in [2.05, 4.69) is 27.7 Å². The van der Waals surface area contributed by atoms with Gasteiger partial charge in [0.05, 0.1) is 50.8 Å². The van der Waals surface area contributed by atoms with Crippen LogP contribution in [-0.4, -0.2) is 63.5 Å². The summed E-state index contributed by atoms with van der Waals surface area (Å²) in [6.07, 6.45) is 10.3. The maximum atomic E-state index is 13.6. The van der Waals surface area contributed by atoms with E-state index in [-0.39, 0.29) is 47.0 Å². The number of rotatable bonds is 33. The first-order valence-electron chi connectivity index (χ1n) is 26.5. The molecular formula is C62H70O14. The van der Waals surface area contributed by atoms with Crippen LogP contribution in [-0.2, 0) is 0 Å². The Bertz CT molecular complexity index is 2530. The summed E-state index contributed by atoms with van der Waals surface area (Å²) in [7, 11) is 0. The molecule has 14 heteroatoms. The van der Waals surface area contributed by atoms with Gasteiger partial charge in [0.15, 0.2) is 0 Å². The lowest BCUT2D eigenvalue weighted by molar-refractivity contribution is 0.0715. The van der Waals surface area contributed by atoms with Crippen LogP contribution in [0, 0.1) is 0 Å². The Morgan fingerprint density at radius 1 is 0.276 bits per heavy atom. The summed E-state index contributed by atoms with van der Waals surface area (Å²) in [5, 5.41) is 0. The van der Waals surface area contributed by atoms with Gasteiger partial charge >= 0.3 is 23.9 Å². The van der Waals surface area contributed by atoms with Crippen LogP contribution in [0.5, 0.6) is 57.5 Å². The molecule has 76 heavy (non-hydrogen) atoms. The Hall–Kier alpha value is -8.00. The minimum Gasteiger partial charge on any atom is -0.494 e. The number of hydrogen-bond donors (Lipinski definition) is 0. The fourth-order valence-corrected chi connectivity index (χ4v) is 7.21. The standard InChI is InChI=1S/C62H70O14/c1-5-9-37-67-47-19-27-51(28-20-47)73-59(63)45-17-35-55(61(65)75-53-31-23-49(24-32-53)69-39-11-7-3)57(43-45)71-41-15-13-14-16-42-72-58-44-46(60(64)74-52-29-21-48(22-30-52)68-38-10-6-2)18-36-56(58)62(66)76-54-33-25-50(26-34-54)70-40-12-8-4/h17-36,43-44H,5-16,37-42H2,1-4H3. The zero-order chi connectivity index (χ0) is 53.7. The molecule has 0 heterocycles. The first kappa shape index (κ1) is 57.3. The van der Waals surface area contributed by atoms with Crippen molar-refractivity contribution in [1.29, 1.82) is 0 Å². The molecule has 0 N–H and O–H groups in total. The van der Waals surface area contributed by atoms with Gasteiger partial charge in [-0.25, -0.2) is 19.2 Å². The molecule has 0 aliphatic rings. The highest BCUT2D eigenvalue weighted by Gasteiger charge is 2.22. The fourth-order valence-electron chi connectivity index (χ4n) is 7.21. The Balaban J connectivity index is 1.07. The van der Waals surface area contributed by atoms with Crippen molar-refractivity contribution in [3.05, 3.63) is 156 Å². The van der Waals surface area contributed by atoms with Crippen LogP contribution >= 0.6 is 0 Å². The second kappa shape index (κ2) is 31.7. The van der Waals surface area contributed by atoms with Gasteiger partial charge in [-0.3, -0.25) is 0 Å². The molecule has 402 valence electrons. The van der Waals surface area contributed by atoms with Crippen molar-refractivity contribution in [3.8, 4) is 57.5 Å². The molecular weight excluding hydrogens is 969 g/mol. The van der Waals surface area contributed by atoms with Gasteiger partial charge in [-0.2, -0.15) is 0 Å². The molecule has 0 atom stereocenters. The maximum Gasteiger partial charge on any atom is 0.347 e. The zero-order valence-electron chi connectivity index (χ0n) is 44.1. The molecule has 0 saturated heterocycles. The molecule has 0 amide bonds. The van der Waals surface area contributed by atoms with Gasteiger partial charge in [-0.15, -0.1) is 0 Å². The summed E-state index contributed by atoms with van der Waals surface area (Å²) >= 11 is 0. The summed E-state index contributed by atoms with van der Waals surface area (Å²) in [4.78, 5) is 54.0. The first-order valence-corrected chi connectivity index (χ1v) is 26.5. The van der Waals surface area contributed by atoms with E-state index in [1.54, 1.807) is 97.1 Å². The largest absolute Gasteiger partial charge is 0.494 e. The number of unbranched alkanes of at least 4 members (excludes halogenated alkanes) is 7. The first-order chi connectivity index (χ1) is 37.2. The van der Waals surface area contributed by atoms with Crippen LogP contribution in [0.1, 0.15) is 146 Å². The van der Waals surface area contributed by atoms with E-state index in [0.717, 1.165) is 51.4 Å². The number of esters is 4. The third-order valence-electron chi connectivity index (χ3n) is 11.6. The van der Waals surface area contributed by atoms with E-state index in [9.17, 15) is 19.2 Å². The van der Waals surface area contributed by atoms with Gasteiger partial charge < -0.3 is 47.4 Å². The predicted molar refractivity (Wildman–Crippen MR) is 290 cm³/mol. The quantitative estimate of drug-likeness (QED) is 0.0217. The number of hydrogen-bond acceptors (Lipinski definition) is 14. The highest BCUT2D eigenvalue weighted by molar-refractivity contribution is 5.98. The number of benzene rings is 6. The molecule has 0 bridgehead atoms. The van der Waals surface area contributed by atoms with Crippen LogP contribution in [0.4, 0.5) is 0 Å². The van der Waals surface area contributed by atoms with Crippen LogP contribution in [0.2, 0.25) is 0 Å². The van der Waals surface area contributed by atoms with E-state index in [0.29, 0.717) is 98.1 Å². The highest BCUT2D eigenvalue weighted by Crippen LogP contribution is 2.29. The Kier molecular flexibility index (Phi) is 23.9. The molecule has 0 radical (unpaired) electrons. The summed E-state index contributed by atoms with van der Waals surface area (Å²) in [5.74, 6) is 1.67. The zero-order valence-corrected chi connectivity index (χ0v) is 44.1. The SMILES string of the molecule is CCCCOc1ccc(OC(=O)c2ccc(C(=O)Oc3ccc(OCCCC)cc3)c(OCCCCCCOc3cc(C(=O)Oc4ccc(OCCCC)cc4)ccc3C(=O)Oc3ccc(OCCCC)cc3)c2)cc1. The lowest BCUT2D eigenvalue weighted by Gasteiger charge is -2.14. The van der Waals surface area contributed by atoms with Crippen molar-refractivity contribution in [2.75, 3.05) is 39.6 Å². The number of carbonyl (C=O) groups is 4. The van der Waals surface area contributed by atoms with Crippen LogP contribution in [0.3, 0.4) is 0 Å². The Morgan fingerprint density at radius 3 is 0.803 bits per heavy atom. The monoisotopic (exact) mass is 1040 g/mol. The fraction of sp³-hybridized carbons (Fsp3) is 0.355. The number of ether oxygens (including phenoxy) is 10. The normalized spacial score (nSPS) is 10.7. The van der Waals surface area contributed by atoms with Crippen molar-refractivity contribution in [2.24, 2.45) is 0 Å². The average Bonchev–Trinajstić information content (AvgIpc) is 3.44. The Labute approximate surface area is 446 Å². The maximum absolute atomic E-state index is 13.6. The van der Waals surface area contributed by atoms with E-state index < -0.39 is 23.9 Å². The van der Waals surface area contributed by atoms with Crippen molar-refractivity contribution in [3.63, 3.8) is 0 Å². The van der Waals surface area contributed by atoms with Crippen molar-refractivity contribution >= 4 is 23.9 Å². The highest BCUT2D eigenvalue weighted by atomic mass is 16.6. The lowest BCUT2D eigenvalue weighted by atomic mass is 10.1. The molecule has 0 saturated carbocycles. The second-order valence-electron chi connectivity index (χ2n) is 17.8. The lowest BCUT2D eigenvalue weighted by Crippen LogP contribution is -2.14. The third-order valence-corrected chi connectivity index (χ3v) is 11.6. The van der Waals surface area contributed by atoms with Crippen molar-refractivity contribution < 1.29 is 66.5 Å². The van der Waals surface area contributed by atoms with E-state index in [1.165, 1.54) is 36.4 Å². The summed E-state index contributed by atoms with van der Waals surface area (Å²) in [6, 6.07) is 36.1. The van der Waals surface area contributed by atoms with Crippen molar-refractivity contribution in [2.45, 2.75) is 105 Å². The van der Waals surface area contributed by atoms with Gasteiger partial charge in [0.25, 0.3) is 0 Å². The summed E-state index contributed by atoms with van der Waals surface area (Å²) in [6.45, 7) is 11.1. The van der Waals surface area contributed by atoms with Crippen molar-refractivity contribution in [1.82, 2.24) is 0 Å². The van der Waals surface area contributed by atoms with Gasteiger partial charge in [0.2, 0.25) is 0 Å². The van der Waals surface area contributed by atoms with Gasteiger partial charge in [-0.1, -0.05) is 53.4 Å². The van der Waals surface area contributed by atoms with E-state index in [4.69, 9.17) is 47.4 Å². The molecule has 14 nitrogen and oxygen atoms in total. The average molecular weight is 1040 g/mol. The summed E-state index contributed by atoms with van der Waals surface area (Å²) in [5.41, 5.74) is 0.601.